The zero-order chi connectivity index (χ0) is 9.42. The second-order valence-electron chi connectivity index (χ2n) is 3.80. The van der Waals surface area contributed by atoms with Crippen molar-refractivity contribution in [1.82, 2.24) is 9.97 Å². The van der Waals surface area contributed by atoms with E-state index in [0.29, 0.717) is 11.8 Å². The van der Waals surface area contributed by atoms with E-state index in [2.05, 4.69) is 23.8 Å². The van der Waals surface area contributed by atoms with Crippen molar-refractivity contribution in [3.63, 3.8) is 0 Å². The Labute approximate surface area is 83.4 Å². The molecule has 0 N–H and O–H groups in total. The van der Waals surface area contributed by atoms with Crippen molar-refractivity contribution in [3.05, 3.63) is 22.8 Å². The quantitative estimate of drug-likeness (QED) is 0.644. The minimum atomic E-state index is 0.419. The van der Waals surface area contributed by atoms with Crippen LogP contribution in [0.5, 0.6) is 0 Å². The highest BCUT2D eigenvalue weighted by atomic mass is 35.5. The number of aromatic nitrogens is 2. The lowest BCUT2D eigenvalue weighted by molar-refractivity contribution is 0.623. The van der Waals surface area contributed by atoms with Crippen LogP contribution in [0, 0.1) is 12.8 Å². The fourth-order valence-corrected chi connectivity index (χ4v) is 2.08. The molecule has 2 nitrogen and oxygen atoms in total. The van der Waals surface area contributed by atoms with E-state index in [-0.39, 0.29) is 0 Å². The minimum absolute atomic E-state index is 0.419. The molecule has 1 heterocycles. The SMILES string of the molecule is Cc1nc(CCl)nc2c1CC(C)C2. The molecule has 1 aliphatic carbocycles. The number of hydrogen-bond donors (Lipinski definition) is 0. The maximum absolute atomic E-state index is 5.71. The molecule has 1 aromatic rings. The van der Waals surface area contributed by atoms with Crippen molar-refractivity contribution in [1.29, 1.82) is 0 Å². The van der Waals surface area contributed by atoms with Crippen LogP contribution in [0.2, 0.25) is 0 Å². The van der Waals surface area contributed by atoms with E-state index in [9.17, 15) is 0 Å². The third-order valence-electron chi connectivity index (χ3n) is 2.56. The lowest BCUT2D eigenvalue weighted by Gasteiger charge is -2.03. The zero-order valence-corrected chi connectivity index (χ0v) is 8.73. The van der Waals surface area contributed by atoms with Gasteiger partial charge in [-0.1, -0.05) is 6.92 Å². The van der Waals surface area contributed by atoms with E-state index in [4.69, 9.17) is 11.6 Å². The van der Waals surface area contributed by atoms with E-state index in [1.807, 2.05) is 0 Å². The lowest BCUT2D eigenvalue weighted by Crippen LogP contribution is -2.01. The Bertz CT molecular complexity index is 336. The normalized spacial score (nSPS) is 20.4. The van der Waals surface area contributed by atoms with Gasteiger partial charge in [-0.3, -0.25) is 0 Å². The molecule has 0 bridgehead atoms. The summed E-state index contributed by atoms with van der Waals surface area (Å²) in [6.07, 6.45) is 2.21. The number of rotatable bonds is 1. The minimum Gasteiger partial charge on any atom is -0.237 e. The second kappa shape index (κ2) is 3.26. The molecule has 13 heavy (non-hydrogen) atoms. The second-order valence-corrected chi connectivity index (χ2v) is 4.06. The molecule has 0 aliphatic heterocycles. The van der Waals surface area contributed by atoms with Crippen molar-refractivity contribution >= 4 is 11.6 Å². The molecular formula is C10H13ClN2. The summed E-state index contributed by atoms with van der Waals surface area (Å²) >= 11 is 5.71. The zero-order valence-electron chi connectivity index (χ0n) is 7.97. The van der Waals surface area contributed by atoms with Gasteiger partial charge in [0, 0.05) is 11.4 Å². The van der Waals surface area contributed by atoms with Gasteiger partial charge in [-0.05, 0) is 31.2 Å². The van der Waals surface area contributed by atoms with Crippen LogP contribution in [0.1, 0.15) is 29.7 Å². The van der Waals surface area contributed by atoms with Crippen molar-refractivity contribution in [3.8, 4) is 0 Å². The van der Waals surface area contributed by atoms with Crippen LogP contribution in [0.25, 0.3) is 0 Å². The fourth-order valence-electron chi connectivity index (χ4n) is 1.96. The van der Waals surface area contributed by atoms with E-state index in [0.717, 1.165) is 24.4 Å². The Morgan fingerprint density at radius 3 is 2.85 bits per heavy atom. The van der Waals surface area contributed by atoms with Gasteiger partial charge >= 0.3 is 0 Å². The van der Waals surface area contributed by atoms with Gasteiger partial charge in [-0.15, -0.1) is 11.6 Å². The smallest absolute Gasteiger partial charge is 0.143 e. The monoisotopic (exact) mass is 196 g/mol. The number of fused-ring (bicyclic) bond motifs is 1. The van der Waals surface area contributed by atoms with Crippen molar-refractivity contribution in [2.75, 3.05) is 0 Å². The van der Waals surface area contributed by atoms with Crippen molar-refractivity contribution in [2.24, 2.45) is 5.92 Å². The molecule has 1 aromatic heterocycles. The largest absolute Gasteiger partial charge is 0.237 e. The summed E-state index contributed by atoms with van der Waals surface area (Å²) in [5.41, 5.74) is 3.68. The predicted molar refractivity (Wildman–Crippen MR) is 52.9 cm³/mol. The Morgan fingerprint density at radius 2 is 2.15 bits per heavy atom. The summed E-state index contributed by atoms with van der Waals surface area (Å²) in [5.74, 6) is 1.91. The molecule has 0 fully saturated rings. The molecule has 2 rings (SSSR count). The first kappa shape index (κ1) is 8.95. The maximum Gasteiger partial charge on any atom is 0.143 e. The lowest BCUT2D eigenvalue weighted by atomic mass is 10.1. The highest BCUT2D eigenvalue weighted by Gasteiger charge is 2.22. The van der Waals surface area contributed by atoms with Crippen LogP contribution in [-0.4, -0.2) is 9.97 Å². The van der Waals surface area contributed by atoms with Gasteiger partial charge in [0.15, 0.2) is 0 Å². The van der Waals surface area contributed by atoms with Crippen LogP contribution in [0.3, 0.4) is 0 Å². The number of halogens is 1. The van der Waals surface area contributed by atoms with E-state index in [1.165, 1.54) is 11.3 Å². The Kier molecular flexibility index (Phi) is 2.24. The Hall–Kier alpha value is -0.630. The van der Waals surface area contributed by atoms with Gasteiger partial charge in [-0.2, -0.15) is 0 Å². The topological polar surface area (TPSA) is 25.8 Å². The van der Waals surface area contributed by atoms with Gasteiger partial charge in [0.25, 0.3) is 0 Å². The third kappa shape index (κ3) is 1.55. The summed E-state index contributed by atoms with van der Waals surface area (Å²) in [4.78, 5) is 8.79. The van der Waals surface area contributed by atoms with Crippen LogP contribution in [-0.2, 0) is 18.7 Å². The number of hydrogen-bond acceptors (Lipinski definition) is 2. The highest BCUT2D eigenvalue weighted by molar-refractivity contribution is 6.16. The molecule has 0 saturated heterocycles. The summed E-state index contributed by atoms with van der Waals surface area (Å²) < 4.78 is 0. The van der Waals surface area contributed by atoms with Gasteiger partial charge < -0.3 is 0 Å². The molecule has 0 amide bonds. The van der Waals surface area contributed by atoms with E-state index >= 15 is 0 Å². The molecule has 0 radical (unpaired) electrons. The predicted octanol–water partition coefficient (Wildman–Crippen LogP) is 2.26. The third-order valence-corrected chi connectivity index (χ3v) is 2.80. The molecule has 70 valence electrons. The average molecular weight is 197 g/mol. The molecule has 1 unspecified atom stereocenters. The van der Waals surface area contributed by atoms with Gasteiger partial charge in [-0.25, -0.2) is 9.97 Å². The highest BCUT2D eigenvalue weighted by Crippen LogP contribution is 2.26. The number of aryl methyl sites for hydroxylation is 1. The molecule has 0 saturated carbocycles. The molecule has 1 aliphatic rings. The molecule has 1 atom stereocenters. The van der Waals surface area contributed by atoms with Crippen molar-refractivity contribution in [2.45, 2.75) is 32.6 Å². The fraction of sp³-hybridized carbons (Fsp3) is 0.600. The summed E-state index contributed by atoms with van der Waals surface area (Å²) in [5, 5.41) is 0. The van der Waals surface area contributed by atoms with Gasteiger partial charge in [0.1, 0.15) is 5.82 Å². The van der Waals surface area contributed by atoms with E-state index in [1.54, 1.807) is 0 Å². The Morgan fingerprint density at radius 1 is 1.38 bits per heavy atom. The Balaban J connectivity index is 2.46. The van der Waals surface area contributed by atoms with Gasteiger partial charge in [0.05, 0.1) is 5.88 Å². The maximum atomic E-state index is 5.71. The first-order chi connectivity index (χ1) is 6.20. The number of alkyl halides is 1. The van der Waals surface area contributed by atoms with E-state index < -0.39 is 0 Å². The van der Waals surface area contributed by atoms with Crippen LogP contribution < -0.4 is 0 Å². The molecule has 0 aromatic carbocycles. The summed E-state index contributed by atoms with van der Waals surface area (Å²) in [6, 6.07) is 0. The first-order valence-electron chi connectivity index (χ1n) is 4.62. The van der Waals surface area contributed by atoms with Crippen LogP contribution in [0.15, 0.2) is 0 Å². The summed E-state index contributed by atoms with van der Waals surface area (Å²) in [6.45, 7) is 4.30. The van der Waals surface area contributed by atoms with Crippen LogP contribution >= 0.6 is 11.6 Å². The summed E-state index contributed by atoms with van der Waals surface area (Å²) in [7, 11) is 0. The van der Waals surface area contributed by atoms with Crippen molar-refractivity contribution < 1.29 is 0 Å². The number of nitrogens with zero attached hydrogens (tertiary/aromatic N) is 2. The van der Waals surface area contributed by atoms with Gasteiger partial charge in [0.2, 0.25) is 0 Å². The molecule has 0 spiro atoms. The standard InChI is InChI=1S/C10H13ClN2/c1-6-3-8-7(2)12-10(5-11)13-9(8)4-6/h6H,3-5H2,1-2H3. The van der Waals surface area contributed by atoms with Crippen LogP contribution in [0.4, 0.5) is 0 Å². The molecular weight excluding hydrogens is 184 g/mol. The average Bonchev–Trinajstić information content (AvgIpc) is 2.46. The molecule has 3 heteroatoms. The first-order valence-corrected chi connectivity index (χ1v) is 5.15.